The Balaban J connectivity index is 1.90. The normalized spacial score (nSPS) is 16.4. The standard InChI is InChI=1S/C23H20N2O4S/c1-12-5-4-6-16(11-12)25-19(15-7-9-17(26)10-8-15)18(21(28)23(25)29)20(27)22-13(2)24-14(3)30-22/h4-11,19,26,28H,1-3H3. The summed E-state index contributed by atoms with van der Waals surface area (Å²) >= 11 is 1.24. The first-order valence-electron chi connectivity index (χ1n) is 9.39. The van der Waals surface area contributed by atoms with Crippen molar-refractivity contribution in [3.8, 4) is 5.75 Å². The van der Waals surface area contributed by atoms with Crippen LogP contribution >= 0.6 is 11.3 Å². The number of phenolic OH excluding ortho intramolecular Hbond substituents is 1. The van der Waals surface area contributed by atoms with Crippen molar-refractivity contribution in [2.75, 3.05) is 4.90 Å². The Hall–Kier alpha value is -3.45. The lowest BCUT2D eigenvalue weighted by atomic mass is 9.94. The van der Waals surface area contributed by atoms with Crippen LogP contribution in [0.4, 0.5) is 5.69 Å². The third kappa shape index (κ3) is 3.27. The maximum absolute atomic E-state index is 13.5. The fraction of sp³-hybridized carbons (Fsp3) is 0.174. The largest absolute Gasteiger partial charge is 0.508 e. The van der Waals surface area contributed by atoms with Gasteiger partial charge in [-0.05, 0) is 56.2 Å². The summed E-state index contributed by atoms with van der Waals surface area (Å²) in [5.41, 5.74) is 2.70. The van der Waals surface area contributed by atoms with E-state index in [4.69, 9.17) is 0 Å². The monoisotopic (exact) mass is 420 g/mol. The SMILES string of the molecule is Cc1cccc(N2C(=O)C(O)=C(C(=O)c3sc(C)nc3C)C2c2ccc(O)cc2)c1. The molecule has 1 aliphatic rings. The molecule has 3 aromatic rings. The Morgan fingerprint density at radius 2 is 1.77 bits per heavy atom. The molecule has 152 valence electrons. The molecule has 0 fully saturated rings. The predicted octanol–water partition coefficient (Wildman–Crippen LogP) is 4.56. The van der Waals surface area contributed by atoms with E-state index >= 15 is 0 Å². The zero-order valence-electron chi connectivity index (χ0n) is 16.7. The van der Waals surface area contributed by atoms with Gasteiger partial charge in [-0.15, -0.1) is 11.3 Å². The average molecular weight is 420 g/mol. The topological polar surface area (TPSA) is 90.7 Å². The summed E-state index contributed by atoms with van der Waals surface area (Å²) in [4.78, 5) is 32.7. The Morgan fingerprint density at radius 1 is 1.07 bits per heavy atom. The number of thiazole rings is 1. The van der Waals surface area contributed by atoms with Crippen molar-refractivity contribution < 1.29 is 19.8 Å². The molecule has 1 aliphatic heterocycles. The van der Waals surface area contributed by atoms with Crippen LogP contribution in [0, 0.1) is 20.8 Å². The van der Waals surface area contributed by atoms with Gasteiger partial charge in [0.2, 0.25) is 5.78 Å². The van der Waals surface area contributed by atoms with Gasteiger partial charge in [-0.25, -0.2) is 4.98 Å². The molecule has 0 aliphatic carbocycles. The summed E-state index contributed by atoms with van der Waals surface area (Å²) in [6.45, 7) is 5.44. The highest BCUT2D eigenvalue weighted by Crippen LogP contribution is 2.43. The third-order valence-corrected chi connectivity index (χ3v) is 6.12. The maximum Gasteiger partial charge on any atom is 0.294 e. The van der Waals surface area contributed by atoms with Crippen molar-refractivity contribution in [3.63, 3.8) is 0 Å². The van der Waals surface area contributed by atoms with E-state index in [1.807, 2.05) is 25.1 Å². The molecule has 6 nitrogen and oxygen atoms in total. The number of aromatic nitrogens is 1. The van der Waals surface area contributed by atoms with Crippen LogP contribution in [-0.4, -0.2) is 26.9 Å². The van der Waals surface area contributed by atoms with Crippen molar-refractivity contribution in [3.05, 3.63) is 86.6 Å². The molecule has 2 N–H and O–H groups in total. The van der Waals surface area contributed by atoms with E-state index in [-0.39, 0.29) is 11.3 Å². The van der Waals surface area contributed by atoms with Gasteiger partial charge in [0, 0.05) is 5.69 Å². The minimum Gasteiger partial charge on any atom is -0.508 e. The minimum atomic E-state index is -0.825. The number of rotatable bonds is 4. The van der Waals surface area contributed by atoms with Gasteiger partial charge in [0.1, 0.15) is 5.75 Å². The number of phenols is 1. The van der Waals surface area contributed by atoms with Crippen molar-refractivity contribution in [1.82, 2.24) is 4.98 Å². The van der Waals surface area contributed by atoms with Crippen LogP contribution in [0.15, 0.2) is 59.9 Å². The molecule has 1 amide bonds. The van der Waals surface area contributed by atoms with Crippen LogP contribution in [0.25, 0.3) is 0 Å². The summed E-state index contributed by atoms with van der Waals surface area (Å²) in [6, 6.07) is 12.8. The van der Waals surface area contributed by atoms with Crippen LogP contribution in [0.1, 0.15) is 37.5 Å². The van der Waals surface area contributed by atoms with Crippen LogP contribution in [0.5, 0.6) is 5.75 Å². The smallest absolute Gasteiger partial charge is 0.294 e. The third-order valence-electron chi connectivity index (χ3n) is 5.05. The van der Waals surface area contributed by atoms with Gasteiger partial charge in [-0.2, -0.15) is 0 Å². The quantitative estimate of drug-likeness (QED) is 0.604. The minimum absolute atomic E-state index is 0.0129. The maximum atomic E-state index is 13.5. The van der Waals surface area contributed by atoms with Gasteiger partial charge in [0.05, 0.1) is 27.2 Å². The Labute approximate surface area is 177 Å². The first-order chi connectivity index (χ1) is 14.3. The van der Waals surface area contributed by atoms with E-state index in [0.717, 1.165) is 10.6 Å². The molecule has 4 rings (SSSR count). The molecule has 2 aromatic carbocycles. The summed E-state index contributed by atoms with van der Waals surface area (Å²) in [5.74, 6) is -1.55. The molecule has 1 unspecified atom stereocenters. The van der Waals surface area contributed by atoms with Gasteiger partial charge in [0.25, 0.3) is 5.91 Å². The Kier molecular flexibility index (Phi) is 4.91. The van der Waals surface area contributed by atoms with Gasteiger partial charge in [-0.3, -0.25) is 14.5 Å². The van der Waals surface area contributed by atoms with Gasteiger partial charge in [0.15, 0.2) is 5.76 Å². The second-order valence-electron chi connectivity index (χ2n) is 7.25. The second-order valence-corrected chi connectivity index (χ2v) is 8.45. The van der Waals surface area contributed by atoms with Gasteiger partial charge < -0.3 is 10.2 Å². The number of carbonyl (C=O) groups excluding carboxylic acids is 2. The number of hydrogen-bond donors (Lipinski definition) is 2. The van der Waals surface area contributed by atoms with Crippen LogP contribution in [0.2, 0.25) is 0 Å². The molecular formula is C23H20N2O4S. The van der Waals surface area contributed by atoms with E-state index in [1.54, 1.807) is 32.0 Å². The fourth-order valence-corrected chi connectivity index (χ4v) is 4.59. The first-order valence-corrected chi connectivity index (χ1v) is 10.2. The molecule has 1 aromatic heterocycles. The van der Waals surface area contributed by atoms with Crippen LogP contribution < -0.4 is 4.90 Å². The highest BCUT2D eigenvalue weighted by molar-refractivity contribution is 7.14. The van der Waals surface area contributed by atoms with E-state index in [0.29, 0.717) is 21.8 Å². The summed E-state index contributed by atoms with van der Waals surface area (Å²) in [5, 5.41) is 21.2. The summed E-state index contributed by atoms with van der Waals surface area (Å²) in [7, 11) is 0. The molecule has 7 heteroatoms. The van der Waals surface area contributed by atoms with E-state index in [9.17, 15) is 19.8 Å². The van der Waals surface area contributed by atoms with Crippen LogP contribution in [0.3, 0.4) is 0 Å². The number of aliphatic hydroxyl groups excluding tert-OH is 1. The van der Waals surface area contributed by atoms with E-state index < -0.39 is 23.5 Å². The number of Topliss-reactive ketones (excluding diaryl/α,β-unsaturated/α-hetero) is 1. The zero-order chi connectivity index (χ0) is 21.6. The number of benzene rings is 2. The number of aliphatic hydroxyl groups is 1. The molecule has 1 atom stereocenters. The Morgan fingerprint density at radius 3 is 2.37 bits per heavy atom. The van der Waals surface area contributed by atoms with Crippen molar-refractivity contribution in [2.45, 2.75) is 26.8 Å². The highest BCUT2D eigenvalue weighted by Gasteiger charge is 2.45. The average Bonchev–Trinajstić information content (AvgIpc) is 3.18. The number of anilines is 1. The van der Waals surface area contributed by atoms with Crippen molar-refractivity contribution in [1.29, 1.82) is 0 Å². The highest BCUT2D eigenvalue weighted by atomic mass is 32.1. The molecule has 30 heavy (non-hydrogen) atoms. The van der Waals surface area contributed by atoms with Gasteiger partial charge in [-0.1, -0.05) is 24.3 Å². The first kappa shape index (κ1) is 19.8. The fourth-order valence-electron chi connectivity index (χ4n) is 3.72. The molecule has 0 radical (unpaired) electrons. The molecular weight excluding hydrogens is 400 g/mol. The molecule has 0 saturated carbocycles. The Bertz CT molecular complexity index is 1190. The summed E-state index contributed by atoms with van der Waals surface area (Å²) < 4.78 is 0. The molecule has 2 heterocycles. The number of amides is 1. The number of hydrogen-bond acceptors (Lipinski definition) is 6. The van der Waals surface area contributed by atoms with Gasteiger partial charge >= 0.3 is 0 Å². The van der Waals surface area contributed by atoms with E-state index in [2.05, 4.69) is 4.98 Å². The lowest BCUT2D eigenvalue weighted by Gasteiger charge is -2.27. The number of carbonyl (C=O) groups is 2. The number of aromatic hydroxyl groups is 1. The zero-order valence-corrected chi connectivity index (χ0v) is 17.5. The molecule has 0 saturated heterocycles. The number of aryl methyl sites for hydroxylation is 3. The van der Waals surface area contributed by atoms with Crippen LogP contribution in [-0.2, 0) is 4.79 Å². The number of nitrogens with zero attached hydrogens (tertiary/aromatic N) is 2. The molecule has 0 spiro atoms. The predicted molar refractivity (Wildman–Crippen MR) is 115 cm³/mol. The number of ketones is 1. The van der Waals surface area contributed by atoms with Crippen molar-refractivity contribution >= 4 is 28.7 Å². The second kappa shape index (κ2) is 7.42. The summed E-state index contributed by atoms with van der Waals surface area (Å²) in [6.07, 6.45) is 0. The lowest BCUT2D eigenvalue weighted by molar-refractivity contribution is -0.117. The molecule has 0 bridgehead atoms. The van der Waals surface area contributed by atoms with Crippen molar-refractivity contribution in [2.24, 2.45) is 0 Å². The van der Waals surface area contributed by atoms with E-state index in [1.165, 1.54) is 28.4 Å². The lowest BCUT2D eigenvalue weighted by Crippen LogP contribution is -2.31.